The second-order valence-corrected chi connectivity index (χ2v) is 6.39. The molecule has 1 aromatic carbocycles. The Kier molecular flexibility index (Phi) is 4.01. The average Bonchev–Trinajstić information content (AvgIpc) is 3.13. The van der Waals surface area contributed by atoms with Crippen LogP contribution in [0.5, 0.6) is 0 Å². The van der Waals surface area contributed by atoms with E-state index in [4.69, 9.17) is 4.74 Å². The number of aromatic nitrogens is 2. The second kappa shape index (κ2) is 6.37. The number of carbonyl (C=O) groups is 2. The van der Waals surface area contributed by atoms with E-state index in [1.807, 2.05) is 31.2 Å². The molecule has 0 spiro atoms. The summed E-state index contributed by atoms with van der Waals surface area (Å²) in [5, 5.41) is 12.2. The van der Waals surface area contributed by atoms with Crippen LogP contribution in [-0.4, -0.2) is 33.3 Å². The van der Waals surface area contributed by atoms with E-state index >= 15 is 0 Å². The van der Waals surface area contributed by atoms with E-state index in [0.29, 0.717) is 28.2 Å². The number of amides is 1. The zero-order valence-corrected chi connectivity index (χ0v) is 14.5. The van der Waals surface area contributed by atoms with Crippen LogP contribution in [0.1, 0.15) is 18.2 Å². The Balaban J connectivity index is 1.92. The van der Waals surface area contributed by atoms with Gasteiger partial charge in [-0.3, -0.25) is 14.3 Å². The van der Waals surface area contributed by atoms with Gasteiger partial charge in [0.05, 0.1) is 11.4 Å². The van der Waals surface area contributed by atoms with Gasteiger partial charge in [-0.15, -0.1) is 0 Å². The molecule has 2 N–H and O–H groups in total. The first-order valence-electron chi connectivity index (χ1n) is 8.40. The molecule has 7 nitrogen and oxygen atoms in total. The molecule has 136 valence electrons. The fourth-order valence-corrected chi connectivity index (χ4v) is 3.32. The van der Waals surface area contributed by atoms with Gasteiger partial charge >= 0.3 is 6.09 Å². The summed E-state index contributed by atoms with van der Waals surface area (Å²) >= 11 is 0. The standard InChI is InChI=1S/C20H17N3O4/c1-20(17-6-2-3-9-21-17)14-11-13(16-5-4-10-23(16)19(25)26)7-8-15(14)22-18(24)12-27-20/h2-11H,12H2,1H3,(H,22,24)(H,25,26). The maximum atomic E-state index is 12.1. The van der Waals surface area contributed by atoms with Crippen molar-refractivity contribution >= 4 is 17.7 Å². The Bertz CT molecular complexity index is 1030. The largest absolute Gasteiger partial charge is 0.464 e. The van der Waals surface area contributed by atoms with Crippen LogP contribution in [0.15, 0.2) is 60.9 Å². The van der Waals surface area contributed by atoms with Crippen LogP contribution >= 0.6 is 0 Å². The Morgan fingerprint density at radius 3 is 2.85 bits per heavy atom. The number of anilines is 1. The number of nitrogens with zero attached hydrogens (tertiary/aromatic N) is 2. The van der Waals surface area contributed by atoms with Crippen molar-refractivity contribution in [3.8, 4) is 11.3 Å². The summed E-state index contributed by atoms with van der Waals surface area (Å²) in [6.45, 7) is 1.75. The molecule has 3 heterocycles. The second-order valence-electron chi connectivity index (χ2n) is 6.39. The summed E-state index contributed by atoms with van der Waals surface area (Å²) in [4.78, 5) is 28.0. The minimum absolute atomic E-state index is 0.109. The van der Waals surface area contributed by atoms with E-state index in [1.54, 1.807) is 30.5 Å². The first-order valence-corrected chi connectivity index (χ1v) is 8.40. The molecule has 27 heavy (non-hydrogen) atoms. The number of ether oxygens (including phenoxy) is 1. The van der Waals surface area contributed by atoms with Crippen LogP contribution in [-0.2, 0) is 15.1 Å². The van der Waals surface area contributed by atoms with Crippen LogP contribution in [0, 0.1) is 0 Å². The molecular weight excluding hydrogens is 346 g/mol. The lowest BCUT2D eigenvalue weighted by atomic mass is 9.88. The van der Waals surface area contributed by atoms with Crippen LogP contribution in [0.4, 0.5) is 10.5 Å². The van der Waals surface area contributed by atoms with E-state index in [1.165, 1.54) is 6.20 Å². The first-order chi connectivity index (χ1) is 13.0. The molecule has 4 rings (SSSR count). The molecule has 0 bridgehead atoms. The molecule has 1 unspecified atom stereocenters. The summed E-state index contributed by atoms with van der Waals surface area (Å²) in [6, 6.07) is 14.3. The SMILES string of the molecule is CC1(c2ccccn2)OCC(=O)Nc2ccc(-c3cccn3C(=O)O)cc21. The van der Waals surface area contributed by atoms with Gasteiger partial charge in [-0.05, 0) is 48.9 Å². The Labute approximate surface area is 155 Å². The van der Waals surface area contributed by atoms with Crippen molar-refractivity contribution in [2.45, 2.75) is 12.5 Å². The summed E-state index contributed by atoms with van der Waals surface area (Å²) < 4.78 is 7.12. The van der Waals surface area contributed by atoms with Crippen LogP contribution in [0.25, 0.3) is 11.3 Å². The quantitative estimate of drug-likeness (QED) is 0.729. The van der Waals surface area contributed by atoms with Gasteiger partial charge in [0, 0.05) is 23.6 Å². The number of pyridine rings is 1. The fourth-order valence-electron chi connectivity index (χ4n) is 3.32. The number of nitrogens with one attached hydrogen (secondary N) is 1. The molecule has 2 aromatic heterocycles. The molecule has 0 saturated carbocycles. The fraction of sp³-hybridized carbons (Fsp3) is 0.150. The van der Waals surface area contributed by atoms with Gasteiger partial charge in [-0.25, -0.2) is 4.79 Å². The third kappa shape index (κ3) is 2.88. The zero-order chi connectivity index (χ0) is 19.0. The van der Waals surface area contributed by atoms with E-state index < -0.39 is 11.7 Å². The number of carboxylic acid groups (broad SMARTS) is 1. The molecule has 0 radical (unpaired) electrons. The lowest BCUT2D eigenvalue weighted by Crippen LogP contribution is -2.29. The smallest absolute Gasteiger partial charge is 0.415 e. The molecule has 3 aromatic rings. The van der Waals surface area contributed by atoms with Gasteiger partial charge in [-0.1, -0.05) is 12.1 Å². The van der Waals surface area contributed by atoms with E-state index in [0.717, 1.165) is 4.57 Å². The molecule has 0 saturated heterocycles. The Hall–Kier alpha value is -3.45. The number of carbonyl (C=O) groups excluding carboxylic acids is 1. The maximum Gasteiger partial charge on any atom is 0.415 e. The minimum Gasteiger partial charge on any atom is -0.464 e. The van der Waals surface area contributed by atoms with Crippen LogP contribution < -0.4 is 5.32 Å². The van der Waals surface area contributed by atoms with E-state index in [9.17, 15) is 14.7 Å². The number of benzene rings is 1. The molecule has 0 fully saturated rings. The predicted molar refractivity (Wildman–Crippen MR) is 98.6 cm³/mol. The Morgan fingerprint density at radius 1 is 1.26 bits per heavy atom. The van der Waals surface area contributed by atoms with Crippen LogP contribution in [0.2, 0.25) is 0 Å². The lowest BCUT2D eigenvalue weighted by Gasteiger charge is -2.29. The van der Waals surface area contributed by atoms with Crippen molar-refractivity contribution in [3.05, 3.63) is 72.2 Å². The van der Waals surface area contributed by atoms with Crippen molar-refractivity contribution in [1.82, 2.24) is 9.55 Å². The zero-order valence-electron chi connectivity index (χ0n) is 14.5. The molecule has 0 aliphatic carbocycles. The molecule has 7 heteroatoms. The third-order valence-electron chi connectivity index (χ3n) is 4.70. The molecular formula is C20H17N3O4. The van der Waals surface area contributed by atoms with Gasteiger partial charge in [0.25, 0.3) is 0 Å². The number of rotatable bonds is 2. The van der Waals surface area contributed by atoms with Gasteiger partial charge in [0.15, 0.2) is 0 Å². The lowest BCUT2D eigenvalue weighted by molar-refractivity contribution is -0.124. The highest BCUT2D eigenvalue weighted by Gasteiger charge is 2.37. The average molecular weight is 363 g/mol. The summed E-state index contributed by atoms with van der Waals surface area (Å²) in [5.74, 6) is -0.252. The third-order valence-corrected chi connectivity index (χ3v) is 4.70. The van der Waals surface area contributed by atoms with E-state index in [2.05, 4.69) is 10.3 Å². The summed E-state index contributed by atoms with van der Waals surface area (Å²) in [7, 11) is 0. The summed E-state index contributed by atoms with van der Waals surface area (Å²) in [6.07, 6.45) is 2.09. The summed E-state index contributed by atoms with van der Waals surface area (Å²) in [5.41, 5.74) is 2.25. The number of hydrogen-bond acceptors (Lipinski definition) is 4. The normalized spacial score (nSPS) is 19.1. The van der Waals surface area contributed by atoms with E-state index in [-0.39, 0.29) is 12.5 Å². The van der Waals surface area contributed by atoms with Gasteiger partial charge in [-0.2, -0.15) is 0 Å². The topological polar surface area (TPSA) is 93.5 Å². The van der Waals surface area contributed by atoms with Crippen molar-refractivity contribution in [3.63, 3.8) is 0 Å². The molecule has 1 aliphatic rings. The molecule has 1 atom stereocenters. The van der Waals surface area contributed by atoms with Gasteiger partial charge in [0.1, 0.15) is 12.2 Å². The van der Waals surface area contributed by atoms with Crippen molar-refractivity contribution in [1.29, 1.82) is 0 Å². The monoisotopic (exact) mass is 363 g/mol. The van der Waals surface area contributed by atoms with Crippen molar-refractivity contribution < 1.29 is 19.4 Å². The molecule has 1 aliphatic heterocycles. The highest BCUT2D eigenvalue weighted by molar-refractivity contribution is 5.94. The maximum absolute atomic E-state index is 12.1. The highest BCUT2D eigenvalue weighted by atomic mass is 16.5. The van der Waals surface area contributed by atoms with Crippen molar-refractivity contribution in [2.24, 2.45) is 0 Å². The van der Waals surface area contributed by atoms with Gasteiger partial charge in [0.2, 0.25) is 5.91 Å². The highest BCUT2D eigenvalue weighted by Crippen LogP contribution is 2.40. The molecule has 1 amide bonds. The number of fused-ring (bicyclic) bond motifs is 1. The number of hydrogen-bond donors (Lipinski definition) is 2. The minimum atomic E-state index is -1.07. The predicted octanol–water partition coefficient (Wildman–Crippen LogP) is 3.31. The first kappa shape index (κ1) is 17.0. The van der Waals surface area contributed by atoms with Crippen molar-refractivity contribution in [2.75, 3.05) is 11.9 Å². The van der Waals surface area contributed by atoms with Crippen LogP contribution in [0.3, 0.4) is 0 Å². The van der Waals surface area contributed by atoms with Gasteiger partial charge < -0.3 is 15.2 Å². The Morgan fingerprint density at radius 2 is 2.11 bits per heavy atom.